The van der Waals surface area contributed by atoms with E-state index < -0.39 is 10.0 Å². The number of anilines is 1. The van der Waals surface area contributed by atoms with E-state index in [-0.39, 0.29) is 26.5 Å². The van der Waals surface area contributed by atoms with Crippen LogP contribution in [0.5, 0.6) is 0 Å². The fraction of sp³-hybridized carbons (Fsp3) is 0.0556. The summed E-state index contributed by atoms with van der Waals surface area (Å²) in [6, 6.07) is 12.2. The van der Waals surface area contributed by atoms with Crippen LogP contribution in [0.15, 0.2) is 64.2 Å². The van der Waals surface area contributed by atoms with Crippen LogP contribution in [0.3, 0.4) is 0 Å². The molecule has 0 unspecified atom stereocenters. The number of amides is 1. The molecule has 0 fully saturated rings. The Bertz CT molecular complexity index is 1070. The highest BCUT2D eigenvalue weighted by Gasteiger charge is 2.16. The predicted molar refractivity (Wildman–Crippen MR) is 109 cm³/mol. The molecule has 0 saturated heterocycles. The van der Waals surface area contributed by atoms with Gasteiger partial charge < -0.3 is 5.32 Å². The van der Waals surface area contributed by atoms with Gasteiger partial charge in [0.15, 0.2) is 0 Å². The van der Waals surface area contributed by atoms with Crippen LogP contribution in [0.1, 0.15) is 15.9 Å². The van der Waals surface area contributed by atoms with Gasteiger partial charge in [0.1, 0.15) is 0 Å². The van der Waals surface area contributed by atoms with Gasteiger partial charge >= 0.3 is 0 Å². The number of carbonyl (C=O) groups excluding carboxylic acids is 1. The normalized spacial score (nSPS) is 11.2. The summed E-state index contributed by atoms with van der Waals surface area (Å²) in [5, 5.41) is 7.08. The fourth-order valence-electron chi connectivity index (χ4n) is 2.26. The van der Waals surface area contributed by atoms with Crippen LogP contribution in [-0.4, -0.2) is 14.3 Å². The lowest BCUT2D eigenvalue weighted by Gasteiger charge is -2.10. The van der Waals surface area contributed by atoms with Crippen LogP contribution < -0.4 is 10.0 Å². The zero-order chi connectivity index (χ0) is 19.4. The Balaban J connectivity index is 1.74. The van der Waals surface area contributed by atoms with E-state index in [1.54, 1.807) is 29.5 Å². The molecular formula is C18H14Cl2N2O3S2. The van der Waals surface area contributed by atoms with Gasteiger partial charge in [-0.1, -0.05) is 29.3 Å². The van der Waals surface area contributed by atoms with Crippen molar-refractivity contribution in [3.8, 4) is 0 Å². The van der Waals surface area contributed by atoms with Crippen molar-refractivity contribution in [1.82, 2.24) is 5.32 Å². The smallest absolute Gasteiger partial charge is 0.261 e. The summed E-state index contributed by atoms with van der Waals surface area (Å²) >= 11 is 13.3. The van der Waals surface area contributed by atoms with Crippen molar-refractivity contribution in [2.24, 2.45) is 0 Å². The van der Waals surface area contributed by atoms with E-state index in [2.05, 4.69) is 10.0 Å². The first-order valence-electron chi connectivity index (χ1n) is 7.72. The van der Waals surface area contributed by atoms with Gasteiger partial charge in [0.2, 0.25) is 0 Å². The van der Waals surface area contributed by atoms with Gasteiger partial charge in [-0.25, -0.2) is 8.42 Å². The molecule has 1 aromatic heterocycles. The summed E-state index contributed by atoms with van der Waals surface area (Å²) in [6.45, 7) is 0.404. The van der Waals surface area contributed by atoms with Gasteiger partial charge in [-0.15, -0.1) is 0 Å². The third-order valence-corrected chi connectivity index (χ3v) is 6.46. The van der Waals surface area contributed by atoms with E-state index in [1.807, 2.05) is 16.8 Å². The number of sulfonamides is 1. The summed E-state index contributed by atoms with van der Waals surface area (Å²) in [5.41, 5.74) is 1.62. The number of nitrogens with one attached hydrogen (secondary N) is 2. The van der Waals surface area contributed by atoms with Gasteiger partial charge in [-0.2, -0.15) is 11.3 Å². The maximum absolute atomic E-state index is 12.5. The monoisotopic (exact) mass is 440 g/mol. The number of rotatable bonds is 6. The second kappa shape index (κ2) is 8.31. The van der Waals surface area contributed by atoms with Gasteiger partial charge in [0.05, 0.1) is 14.9 Å². The second-order valence-corrected chi connectivity index (χ2v) is 8.85. The largest absolute Gasteiger partial charge is 0.348 e. The van der Waals surface area contributed by atoms with Crippen molar-refractivity contribution in [1.29, 1.82) is 0 Å². The van der Waals surface area contributed by atoms with Crippen LogP contribution in [0, 0.1) is 0 Å². The van der Waals surface area contributed by atoms with Crippen molar-refractivity contribution in [2.45, 2.75) is 11.4 Å². The quantitative estimate of drug-likeness (QED) is 0.578. The number of carbonyl (C=O) groups is 1. The molecule has 0 aliphatic heterocycles. The summed E-state index contributed by atoms with van der Waals surface area (Å²) in [5.74, 6) is -0.295. The highest BCUT2D eigenvalue weighted by atomic mass is 35.5. The molecule has 0 aliphatic rings. The molecule has 1 heterocycles. The number of thiophene rings is 1. The maximum Gasteiger partial charge on any atom is 0.261 e. The minimum Gasteiger partial charge on any atom is -0.348 e. The van der Waals surface area contributed by atoms with E-state index in [0.29, 0.717) is 12.1 Å². The molecule has 0 aliphatic carbocycles. The van der Waals surface area contributed by atoms with Gasteiger partial charge in [0.25, 0.3) is 15.9 Å². The molecule has 5 nitrogen and oxygen atoms in total. The molecule has 0 bridgehead atoms. The maximum atomic E-state index is 12.5. The highest BCUT2D eigenvalue weighted by molar-refractivity contribution is 7.92. The molecule has 9 heteroatoms. The zero-order valence-electron chi connectivity index (χ0n) is 13.8. The minimum absolute atomic E-state index is 0.0239. The lowest BCUT2D eigenvalue weighted by atomic mass is 10.2. The van der Waals surface area contributed by atoms with E-state index >= 15 is 0 Å². The van der Waals surface area contributed by atoms with E-state index in [9.17, 15) is 13.2 Å². The van der Waals surface area contributed by atoms with Crippen molar-refractivity contribution >= 4 is 56.2 Å². The van der Waals surface area contributed by atoms with Crippen LogP contribution >= 0.6 is 34.5 Å². The molecule has 0 saturated carbocycles. The first-order chi connectivity index (χ1) is 12.8. The Hall–Kier alpha value is -2.06. The third-order valence-electron chi connectivity index (χ3n) is 3.61. The van der Waals surface area contributed by atoms with Crippen molar-refractivity contribution in [3.63, 3.8) is 0 Å². The first-order valence-corrected chi connectivity index (χ1v) is 10.9. The first kappa shape index (κ1) is 19.7. The average Bonchev–Trinajstić information content (AvgIpc) is 3.15. The van der Waals surface area contributed by atoms with Crippen LogP contribution in [0.25, 0.3) is 0 Å². The topological polar surface area (TPSA) is 75.3 Å². The number of benzene rings is 2. The Morgan fingerprint density at radius 3 is 2.56 bits per heavy atom. The third kappa shape index (κ3) is 5.01. The molecule has 27 heavy (non-hydrogen) atoms. The van der Waals surface area contributed by atoms with Crippen molar-refractivity contribution < 1.29 is 13.2 Å². The second-order valence-electron chi connectivity index (χ2n) is 5.58. The minimum atomic E-state index is -3.87. The molecule has 3 aromatic rings. The fourth-order valence-corrected chi connectivity index (χ4v) is 4.37. The van der Waals surface area contributed by atoms with E-state index in [4.69, 9.17) is 23.2 Å². The number of hydrogen-bond acceptors (Lipinski definition) is 4. The van der Waals surface area contributed by atoms with Crippen LogP contribution in [0.2, 0.25) is 10.0 Å². The van der Waals surface area contributed by atoms with Gasteiger partial charge in [0, 0.05) is 17.8 Å². The Morgan fingerprint density at radius 2 is 1.85 bits per heavy atom. The van der Waals surface area contributed by atoms with Crippen LogP contribution in [-0.2, 0) is 16.6 Å². The van der Waals surface area contributed by atoms with Crippen LogP contribution in [0.4, 0.5) is 5.69 Å². The molecule has 0 radical (unpaired) electrons. The van der Waals surface area contributed by atoms with E-state index in [1.165, 1.54) is 24.3 Å². The molecule has 2 N–H and O–H groups in total. The Labute approximate surface area is 171 Å². The Morgan fingerprint density at radius 1 is 1.04 bits per heavy atom. The summed E-state index contributed by atoms with van der Waals surface area (Å²) in [4.78, 5) is 12.3. The zero-order valence-corrected chi connectivity index (χ0v) is 16.9. The van der Waals surface area contributed by atoms with Crippen molar-refractivity contribution in [2.75, 3.05) is 4.72 Å². The molecule has 140 valence electrons. The highest BCUT2D eigenvalue weighted by Crippen LogP contribution is 2.26. The number of hydrogen-bond donors (Lipinski definition) is 2. The SMILES string of the molecule is O=C(NCc1ccsc1)c1cccc(NS(=O)(=O)c2ccc(Cl)c(Cl)c2)c1. The van der Waals surface area contributed by atoms with Gasteiger partial charge in [-0.05, 0) is 58.8 Å². The lowest BCUT2D eigenvalue weighted by Crippen LogP contribution is -2.22. The summed E-state index contributed by atoms with van der Waals surface area (Å²) in [7, 11) is -3.87. The average molecular weight is 441 g/mol. The molecule has 0 spiro atoms. The Kier molecular flexibility index (Phi) is 6.06. The molecule has 2 aromatic carbocycles. The number of halogens is 2. The summed E-state index contributed by atoms with van der Waals surface area (Å²) < 4.78 is 27.5. The van der Waals surface area contributed by atoms with Gasteiger partial charge in [-0.3, -0.25) is 9.52 Å². The standard InChI is InChI=1S/C18H14Cl2N2O3S2/c19-16-5-4-15(9-17(16)20)27(24,25)22-14-3-1-2-13(8-14)18(23)21-10-12-6-7-26-11-12/h1-9,11,22H,10H2,(H,21,23). The lowest BCUT2D eigenvalue weighted by molar-refractivity contribution is 0.0951. The molecular weight excluding hydrogens is 427 g/mol. The predicted octanol–water partition coefficient (Wildman–Crippen LogP) is 4.79. The molecule has 1 amide bonds. The molecule has 3 rings (SSSR count). The summed E-state index contributed by atoms with van der Waals surface area (Å²) in [6.07, 6.45) is 0. The van der Waals surface area contributed by atoms with E-state index in [0.717, 1.165) is 5.56 Å². The van der Waals surface area contributed by atoms with Crippen molar-refractivity contribution in [3.05, 3.63) is 80.5 Å². The molecule has 0 atom stereocenters.